The van der Waals surface area contributed by atoms with Gasteiger partial charge in [-0.05, 0) is 35.0 Å². The maximum Gasteiger partial charge on any atom is 0.254 e. The number of pyridine rings is 1. The van der Waals surface area contributed by atoms with Crippen LogP contribution in [0.2, 0.25) is 0 Å². The number of methoxy groups -OCH3 is 1. The smallest absolute Gasteiger partial charge is 0.254 e. The first-order valence-corrected chi connectivity index (χ1v) is 9.44. The van der Waals surface area contributed by atoms with Gasteiger partial charge in [-0.15, -0.1) is 0 Å². The van der Waals surface area contributed by atoms with Crippen molar-refractivity contribution in [3.8, 4) is 11.5 Å². The lowest BCUT2D eigenvalue weighted by molar-refractivity contribution is -0.377. The van der Waals surface area contributed by atoms with Crippen LogP contribution in [0.25, 0.3) is 0 Å². The lowest BCUT2D eigenvalue weighted by Gasteiger charge is -2.36. The Labute approximate surface area is 161 Å². The minimum absolute atomic E-state index is 0.00749. The Morgan fingerprint density at radius 2 is 1.88 bits per heavy atom. The lowest BCUT2D eigenvalue weighted by Crippen LogP contribution is -2.48. The molecule has 0 aliphatic carbocycles. The number of amides is 1. The lowest BCUT2D eigenvalue weighted by atomic mass is 10.1. The van der Waals surface area contributed by atoms with Crippen molar-refractivity contribution >= 4 is 27.5 Å². The summed E-state index contributed by atoms with van der Waals surface area (Å²) in [6.07, 6.45) is 3.83. The van der Waals surface area contributed by atoms with Crippen molar-refractivity contribution in [2.75, 3.05) is 44.8 Å². The van der Waals surface area contributed by atoms with Gasteiger partial charge in [0.15, 0.2) is 23.9 Å². The zero-order valence-corrected chi connectivity index (χ0v) is 16.6. The van der Waals surface area contributed by atoms with Gasteiger partial charge in [0.25, 0.3) is 5.91 Å². The largest absolute Gasteiger partial charge is 0.493 e. The summed E-state index contributed by atoms with van der Waals surface area (Å²) in [6, 6.07) is 7.64. The Hall–Kier alpha value is -2.28. The number of carbonyl (C=O) groups is 1. The first-order chi connectivity index (χ1) is 12.6. The Morgan fingerprint density at radius 1 is 1.19 bits per heavy atom. The second-order valence-electron chi connectivity index (χ2n) is 5.96. The molecule has 1 N–H and O–H groups in total. The third-order valence-corrected chi connectivity index (χ3v) is 4.99. The molecule has 0 radical (unpaired) electrons. The van der Waals surface area contributed by atoms with E-state index in [0.717, 1.165) is 17.6 Å². The standard InChI is InChI=1S/C19H22BrN3O3/c1-3-26-18-16(20)12-14(13-17(18)25-2)19(24)23-10-8-22(9-11-23)15-4-6-21-7-5-15/h4-7,12-13H,3,8-11H2,1-2H3/p+1. The fourth-order valence-electron chi connectivity index (χ4n) is 3.07. The molecular formula is C19H23BrN3O3+. The number of piperazine rings is 1. The van der Waals surface area contributed by atoms with Gasteiger partial charge in [-0.25, -0.2) is 4.98 Å². The van der Waals surface area contributed by atoms with Crippen molar-refractivity contribution < 1.29 is 19.3 Å². The van der Waals surface area contributed by atoms with Crippen LogP contribution < -0.4 is 19.4 Å². The van der Waals surface area contributed by atoms with E-state index in [4.69, 9.17) is 9.47 Å². The number of rotatable bonds is 5. The highest BCUT2D eigenvalue weighted by Crippen LogP contribution is 2.37. The molecule has 1 amide bonds. The molecule has 0 unspecified atom stereocenters. The number of H-pyrrole nitrogens is 1. The predicted octanol–water partition coefficient (Wildman–Crippen LogP) is 2.63. The van der Waals surface area contributed by atoms with Crippen molar-refractivity contribution in [1.82, 2.24) is 4.90 Å². The van der Waals surface area contributed by atoms with Crippen LogP contribution in [0.3, 0.4) is 0 Å². The third kappa shape index (κ3) is 3.93. The van der Waals surface area contributed by atoms with Crippen LogP contribution in [0.1, 0.15) is 17.3 Å². The topological polar surface area (TPSA) is 56.2 Å². The van der Waals surface area contributed by atoms with Crippen LogP contribution in [-0.4, -0.2) is 50.7 Å². The van der Waals surface area contributed by atoms with Gasteiger partial charge < -0.3 is 19.3 Å². The molecule has 0 spiro atoms. The van der Waals surface area contributed by atoms with Crippen LogP contribution in [0.15, 0.2) is 41.1 Å². The third-order valence-electron chi connectivity index (χ3n) is 4.40. The van der Waals surface area contributed by atoms with Crippen molar-refractivity contribution in [2.45, 2.75) is 6.92 Å². The monoisotopic (exact) mass is 420 g/mol. The number of hydrogen-bond donors (Lipinski definition) is 0. The number of halogens is 1. The number of anilines is 1. The highest BCUT2D eigenvalue weighted by Gasteiger charge is 2.24. The fraction of sp³-hybridized carbons (Fsp3) is 0.368. The quantitative estimate of drug-likeness (QED) is 0.745. The molecule has 0 atom stereocenters. The van der Waals surface area contributed by atoms with Crippen LogP contribution in [0.5, 0.6) is 11.5 Å². The molecule has 7 heteroatoms. The second kappa shape index (κ2) is 8.40. The predicted molar refractivity (Wildman–Crippen MR) is 103 cm³/mol. The molecule has 0 saturated carbocycles. The van der Waals surface area contributed by atoms with Gasteiger partial charge in [0.1, 0.15) is 0 Å². The average Bonchev–Trinajstić information content (AvgIpc) is 2.69. The summed E-state index contributed by atoms with van der Waals surface area (Å²) in [7, 11) is 1.58. The van der Waals surface area contributed by atoms with Gasteiger partial charge in [-0.2, -0.15) is 0 Å². The van der Waals surface area contributed by atoms with E-state index in [1.54, 1.807) is 19.2 Å². The van der Waals surface area contributed by atoms with Crippen LogP contribution in [0.4, 0.5) is 5.69 Å². The summed E-state index contributed by atoms with van der Waals surface area (Å²) < 4.78 is 11.7. The maximum atomic E-state index is 12.9. The van der Waals surface area contributed by atoms with Gasteiger partial charge in [0, 0.05) is 49.6 Å². The van der Waals surface area contributed by atoms with E-state index in [1.165, 1.54) is 5.69 Å². The SMILES string of the molecule is CCOc1c(Br)cc(C(=O)N2CCN(c3cc[nH+]cc3)CC2)cc1OC. The molecule has 1 aromatic carbocycles. The van der Waals surface area contributed by atoms with Gasteiger partial charge in [-0.1, -0.05) is 0 Å². The molecule has 1 fully saturated rings. The number of aromatic amines is 1. The minimum atomic E-state index is 0.00749. The minimum Gasteiger partial charge on any atom is -0.493 e. The average molecular weight is 421 g/mol. The first-order valence-electron chi connectivity index (χ1n) is 8.64. The highest BCUT2D eigenvalue weighted by molar-refractivity contribution is 9.10. The summed E-state index contributed by atoms with van der Waals surface area (Å²) in [5.74, 6) is 1.19. The van der Waals surface area contributed by atoms with E-state index in [2.05, 4.69) is 25.8 Å². The van der Waals surface area contributed by atoms with E-state index < -0.39 is 0 Å². The van der Waals surface area contributed by atoms with Crippen molar-refractivity contribution in [3.05, 3.63) is 46.7 Å². The Morgan fingerprint density at radius 3 is 2.50 bits per heavy atom. The zero-order valence-electron chi connectivity index (χ0n) is 15.0. The maximum absolute atomic E-state index is 12.9. The molecule has 26 heavy (non-hydrogen) atoms. The number of benzene rings is 1. The Balaban J connectivity index is 1.71. The Bertz CT molecular complexity index is 762. The van der Waals surface area contributed by atoms with E-state index in [1.807, 2.05) is 36.4 Å². The molecule has 1 aliphatic heterocycles. The molecule has 6 nitrogen and oxygen atoms in total. The van der Waals surface area contributed by atoms with Crippen LogP contribution >= 0.6 is 15.9 Å². The summed E-state index contributed by atoms with van der Waals surface area (Å²) in [5, 5.41) is 0. The van der Waals surface area contributed by atoms with E-state index in [-0.39, 0.29) is 5.91 Å². The van der Waals surface area contributed by atoms with E-state index in [0.29, 0.717) is 36.8 Å². The molecule has 0 bridgehead atoms. The Kier molecular flexibility index (Phi) is 5.98. The molecule has 3 rings (SSSR count). The number of carbonyl (C=O) groups excluding carboxylic acids is 1. The van der Waals surface area contributed by atoms with Crippen LogP contribution in [0, 0.1) is 0 Å². The van der Waals surface area contributed by atoms with Crippen molar-refractivity contribution in [3.63, 3.8) is 0 Å². The molecule has 1 aliphatic rings. The fourth-order valence-corrected chi connectivity index (χ4v) is 3.62. The summed E-state index contributed by atoms with van der Waals surface area (Å²) >= 11 is 3.49. The summed E-state index contributed by atoms with van der Waals surface area (Å²) in [5.41, 5.74) is 1.77. The number of ether oxygens (including phenoxy) is 2. The van der Waals surface area contributed by atoms with E-state index in [9.17, 15) is 4.79 Å². The molecule has 138 valence electrons. The van der Waals surface area contributed by atoms with Gasteiger partial charge in [0.2, 0.25) is 0 Å². The van der Waals surface area contributed by atoms with Gasteiger partial charge in [0.05, 0.1) is 18.2 Å². The van der Waals surface area contributed by atoms with E-state index >= 15 is 0 Å². The summed E-state index contributed by atoms with van der Waals surface area (Å²) in [4.78, 5) is 20.1. The first kappa shape index (κ1) is 18.5. The highest BCUT2D eigenvalue weighted by atomic mass is 79.9. The second-order valence-corrected chi connectivity index (χ2v) is 6.81. The summed E-state index contributed by atoms with van der Waals surface area (Å²) in [6.45, 7) is 5.43. The molecule has 2 aromatic rings. The van der Waals surface area contributed by atoms with Crippen molar-refractivity contribution in [1.29, 1.82) is 0 Å². The molecular weight excluding hydrogens is 398 g/mol. The molecule has 1 saturated heterocycles. The number of aromatic nitrogens is 1. The van der Waals surface area contributed by atoms with Crippen LogP contribution in [-0.2, 0) is 0 Å². The number of nitrogens with zero attached hydrogens (tertiary/aromatic N) is 2. The molecule has 2 heterocycles. The zero-order chi connectivity index (χ0) is 18.5. The van der Waals surface area contributed by atoms with Gasteiger partial charge >= 0.3 is 0 Å². The number of nitrogens with one attached hydrogen (secondary N) is 1. The number of hydrogen-bond acceptors (Lipinski definition) is 4. The van der Waals surface area contributed by atoms with Crippen molar-refractivity contribution in [2.24, 2.45) is 0 Å². The molecule has 1 aromatic heterocycles. The normalized spacial score (nSPS) is 14.3. The van der Waals surface area contributed by atoms with Gasteiger partial charge in [-0.3, -0.25) is 4.79 Å².